The smallest absolute Gasteiger partial charge is 0.240 e. The summed E-state index contributed by atoms with van der Waals surface area (Å²) in [5.41, 5.74) is 8.61. The van der Waals surface area contributed by atoms with Crippen LogP contribution in [0.1, 0.15) is 31.4 Å². The topological polar surface area (TPSA) is 68.2 Å². The van der Waals surface area contributed by atoms with Gasteiger partial charge in [0.1, 0.15) is 0 Å². The van der Waals surface area contributed by atoms with Crippen LogP contribution in [-0.4, -0.2) is 20.6 Å². The summed E-state index contributed by atoms with van der Waals surface area (Å²) in [6, 6.07) is 4.62. The molecule has 5 nitrogen and oxygen atoms in total. The van der Waals surface area contributed by atoms with E-state index in [0.717, 1.165) is 17.0 Å². The number of nitrogens with two attached hydrogens (primary N) is 1. The van der Waals surface area contributed by atoms with Crippen molar-refractivity contribution in [2.75, 3.05) is 11.1 Å². The second-order valence-electron chi connectivity index (χ2n) is 4.70. The van der Waals surface area contributed by atoms with Gasteiger partial charge in [0.25, 0.3) is 0 Å². The van der Waals surface area contributed by atoms with E-state index in [4.69, 9.17) is 5.73 Å². The molecule has 0 radical (unpaired) electrons. The predicted octanol–water partition coefficient (Wildman–Crippen LogP) is 1.97. The Hall–Kier alpha value is -1.78. The lowest BCUT2D eigenvalue weighted by molar-refractivity contribution is 0.751. The number of anilines is 2. The Labute approximate surface area is 100 Å². The minimum absolute atomic E-state index is 0.325. The average molecular weight is 231 g/mol. The Morgan fingerprint density at radius 3 is 2.88 bits per heavy atom. The monoisotopic (exact) mass is 231 g/mol. The average Bonchev–Trinajstić information content (AvgIpc) is 2.91. The van der Waals surface area contributed by atoms with Crippen molar-refractivity contribution in [1.82, 2.24) is 14.6 Å². The fourth-order valence-electron chi connectivity index (χ4n) is 2.53. The van der Waals surface area contributed by atoms with Gasteiger partial charge in [-0.15, -0.1) is 5.10 Å². The number of pyridine rings is 1. The van der Waals surface area contributed by atoms with Crippen LogP contribution in [0.2, 0.25) is 0 Å². The van der Waals surface area contributed by atoms with E-state index in [2.05, 4.69) is 21.5 Å². The van der Waals surface area contributed by atoms with Gasteiger partial charge < -0.3 is 11.1 Å². The summed E-state index contributed by atoms with van der Waals surface area (Å²) in [5, 5.41) is 7.77. The van der Waals surface area contributed by atoms with Gasteiger partial charge in [-0.2, -0.15) is 4.98 Å². The number of hydrogen-bond donors (Lipinski definition) is 2. The molecule has 17 heavy (non-hydrogen) atoms. The van der Waals surface area contributed by atoms with Gasteiger partial charge in [-0.05, 0) is 31.9 Å². The number of aryl methyl sites for hydroxylation is 1. The van der Waals surface area contributed by atoms with Crippen molar-refractivity contribution >= 4 is 17.3 Å². The molecular weight excluding hydrogens is 214 g/mol. The first-order chi connectivity index (χ1) is 8.24. The molecule has 3 rings (SSSR count). The van der Waals surface area contributed by atoms with E-state index in [1.54, 1.807) is 4.52 Å². The Morgan fingerprint density at radius 1 is 1.35 bits per heavy atom. The van der Waals surface area contributed by atoms with E-state index in [1.165, 1.54) is 25.7 Å². The van der Waals surface area contributed by atoms with Crippen LogP contribution in [0.3, 0.4) is 0 Å². The van der Waals surface area contributed by atoms with Crippen LogP contribution in [0, 0.1) is 6.92 Å². The molecule has 0 bridgehead atoms. The first kappa shape index (κ1) is 10.4. The summed E-state index contributed by atoms with van der Waals surface area (Å²) in [5.74, 6) is 0.325. The van der Waals surface area contributed by atoms with Gasteiger partial charge in [0.2, 0.25) is 5.95 Å². The van der Waals surface area contributed by atoms with Crippen molar-refractivity contribution in [3.8, 4) is 0 Å². The minimum atomic E-state index is 0.325. The lowest BCUT2D eigenvalue weighted by Gasteiger charge is -2.15. The van der Waals surface area contributed by atoms with E-state index < -0.39 is 0 Å². The molecule has 1 aliphatic rings. The van der Waals surface area contributed by atoms with E-state index in [-0.39, 0.29) is 0 Å². The van der Waals surface area contributed by atoms with Crippen molar-refractivity contribution in [2.45, 2.75) is 38.6 Å². The summed E-state index contributed by atoms with van der Waals surface area (Å²) in [6.45, 7) is 2.04. The van der Waals surface area contributed by atoms with Crippen molar-refractivity contribution in [3.63, 3.8) is 0 Å². The lowest BCUT2D eigenvalue weighted by Crippen LogP contribution is -2.16. The van der Waals surface area contributed by atoms with Gasteiger partial charge in [-0.3, -0.25) is 0 Å². The first-order valence-electron chi connectivity index (χ1n) is 6.12. The number of rotatable bonds is 2. The predicted molar refractivity (Wildman–Crippen MR) is 68.0 cm³/mol. The summed E-state index contributed by atoms with van der Waals surface area (Å²) in [7, 11) is 0. The maximum Gasteiger partial charge on any atom is 0.240 e. The third-order valence-electron chi connectivity index (χ3n) is 3.47. The van der Waals surface area contributed by atoms with E-state index in [9.17, 15) is 0 Å². The second-order valence-corrected chi connectivity index (χ2v) is 4.70. The van der Waals surface area contributed by atoms with Gasteiger partial charge in [0.15, 0.2) is 5.65 Å². The highest BCUT2D eigenvalue weighted by Gasteiger charge is 2.16. The van der Waals surface area contributed by atoms with E-state index >= 15 is 0 Å². The van der Waals surface area contributed by atoms with Crippen LogP contribution in [0.15, 0.2) is 12.1 Å². The maximum atomic E-state index is 5.61. The number of aromatic nitrogens is 3. The molecule has 0 saturated heterocycles. The lowest BCUT2D eigenvalue weighted by atomic mass is 10.2. The van der Waals surface area contributed by atoms with Crippen LogP contribution < -0.4 is 11.1 Å². The summed E-state index contributed by atoms with van der Waals surface area (Å²) in [6.07, 6.45) is 5.18. The molecule has 0 aromatic carbocycles. The van der Waals surface area contributed by atoms with Gasteiger partial charge >= 0.3 is 0 Å². The zero-order valence-electron chi connectivity index (χ0n) is 9.98. The number of fused-ring (bicyclic) bond motifs is 1. The standard InChI is InChI=1S/C12H17N5/c1-8-10(14-9-4-2-3-5-9)6-7-11-15-12(13)16-17(8)11/h6-7,9,14H,2-5H2,1H3,(H2,13,16). The molecule has 2 aromatic rings. The molecule has 0 spiro atoms. The maximum absolute atomic E-state index is 5.61. The highest BCUT2D eigenvalue weighted by atomic mass is 15.3. The van der Waals surface area contributed by atoms with Gasteiger partial charge in [-0.25, -0.2) is 4.52 Å². The molecule has 0 aliphatic heterocycles. The Kier molecular flexibility index (Phi) is 2.39. The largest absolute Gasteiger partial charge is 0.381 e. The zero-order chi connectivity index (χ0) is 11.8. The summed E-state index contributed by atoms with van der Waals surface area (Å²) >= 11 is 0. The molecule has 0 amide bonds. The van der Waals surface area contributed by atoms with Crippen molar-refractivity contribution in [2.24, 2.45) is 0 Å². The summed E-state index contributed by atoms with van der Waals surface area (Å²) in [4.78, 5) is 4.15. The third-order valence-corrected chi connectivity index (χ3v) is 3.47. The van der Waals surface area contributed by atoms with Crippen LogP contribution in [-0.2, 0) is 0 Å². The first-order valence-corrected chi connectivity index (χ1v) is 6.12. The molecule has 3 N–H and O–H groups in total. The fourth-order valence-corrected chi connectivity index (χ4v) is 2.53. The van der Waals surface area contributed by atoms with Crippen molar-refractivity contribution < 1.29 is 0 Å². The number of nitrogens with zero attached hydrogens (tertiary/aromatic N) is 3. The molecule has 2 aromatic heterocycles. The van der Waals surface area contributed by atoms with Crippen LogP contribution in [0.4, 0.5) is 11.6 Å². The Balaban J connectivity index is 1.95. The third kappa shape index (κ3) is 1.81. The van der Waals surface area contributed by atoms with Crippen molar-refractivity contribution in [1.29, 1.82) is 0 Å². The van der Waals surface area contributed by atoms with Gasteiger partial charge in [0.05, 0.1) is 11.4 Å². The molecule has 2 heterocycles. The molecular formula is C12H17N5. The number of nitrogens with one attached hydrogen (secondary N) is 1. The number of hydrogen-bond acceptors (Lipinski definition) is 4. The minimum Gasteiger partial charge on any atom is -0.381 e. The van der Waals surface area contributed by atoms with E-state index in [1.807, 2.05) is 13.0 Å². The Morgan fingerprint density at radius 2 is 2.12 bits per heavy atom. The molecule has 1 saturated carbocycles. The van der Waals surface area contributed by atoms with Crippen LogP contribution >= 0.6 is 0 Å². The molecule has 5 heteroatoms. The highest BCUT2D eigenvalue weighted by molar-refractivity contribution is 5.56. The zero-order valence-corrected chi connectivity index (χ0v) is 9.98. The van der Waals surface area contributed by atoms with Gasteiger partial charge in [-0.1, -0.05) is 12.8 Å². The second kappa shape index (κ2) is 3.91. The van der Waals surface area contributed by atoms with Crippen LogP contribution in [0.25, 0.3) is 5.65 Å². The summed E-state index contributed by atoms with van der Waals surface area (Å²) < 4.78 is 1.80. The molecule has 0 unspecified atom stereocenters. The fraction of sp³-hybridized carbons (Fsp3) is 0.500. The van der Waals surface area contributed by atoms with Gasteiger partial charge in [0, 0.05) is 6.04 Å². The van der Waals surface area contributed by atoms with Crippen molar-refractivity contribution in [3.05, 3.63) is 17.8 Å². The molecule has 90 valence electrons. The molecule has 0 atom stereocenters. The Bertz CT molecular complexity index is 539. The SMILES string of the molecule is Cc1c(NC2CCCC2)ccc2nc(N)nn12. The number of nitrogen functional groups attached to an aromatic ring is 1. The quantitative estimate of drug-likeness (QED) is 0.829. The molecule has 1 aliphatic carbocycles. The molecule has 1 fully saturated rings. The highest BCUT2D eigenvalue weighted by Crippen LogP contribution is 2.24. The normalized spacial score (nSPS) is 16.8. The van der Waals surface area contributed by atoms with Crippen LogP contribution in [0.5, 0.6) is 0 Å². The van der Waals surface area contributed by atoms with E-state index in [0.29, 0.717) is 12.0 Å².